The number of hydrogen-bond acceptors (Lipinski definition) is 10. The number of ether oxygens (including phenoxy) is 6. The summed E-state index contributed by atoms with van der Waals surface area (Å²) in [6.07, 6.45) is 0. The maximum absolute atomic E-state index is 13.5. The first-order valence-electron chi connectivity index (χ1n) is 12.7. The van der Waals surface area contributed by atoms with E-state index in [1.54, 1.807) is 30.3 Å². The van der Waals surface area contributed by atoms with E-state index in [-0.39, 0.29) is 17.9 Å². The van der Waals surface area contributed by atoms with Gasteiger partial charge in [-0.05, 0) is 35.9 Å². The van der Waals surface area contributed by atoms with Gasteiger partial charge in [0.25, 0.3) is 11.7 Å². The Bertz CT molecular complexity index is 1260. The van der Waals surface area contributed by atoms with Crippen molar-refractivity contribution in [1.29, 1.82) is 0 Å². The fraction of sp³-hybridized carbons (Fsp3) is 0.429. The highest BCUT2D eigenvalue weighted by Crippen LogP contribution is 2.46. The molecule has 2 saturated heterocycles. The molecule has 2 aromatic carbocycles. The van der Waals surface area contributed by atoms with E-state index < -0.39 is 17.7 Å². The predicted octanol–water partition coefficient (Wildman–Crippen LogP) is 2.24. The normalized spacial score (nSPS) is 20.7. The molecule has 3 aliphatic heterocycles. The van der Waals surface area contributed by atoms with Crippen molar-refractivity contribution in [3.8, 4) is 28.7 Å². The summed E-state index contributed by atoms with van der Waals surface area (Å²) in [5, 5.41) is 11.5. The van der Waals surface area contributed by atoms with Crippen molar-refractivity contribution in [3.05, 3.63) is 47.0 Å². The van der Waals surface area contributed by atoms with Crippen LogP contribution in [0.4, 0.5) is 0 Å². The van der Waals surface area contributed by atoms with E-state index in [4.69, 9.17) is 28.4 Å². The molecule has 11 nitrogen and oxygen atoms in total. The average molecular weight is 541 g/mol. The van der Waals surface area contributed by atoms with Crippen LogP contribution in [0.5, 0.6) is 28.7 Å². The van der Waals surface area contributed by atoms with E-state index in [1.165, 1.54) is 26.2 Å². The molecule has 208 valence electrons. The Balaban J connectivity index is 1.61. The maximum atomic E-state index is 13.5. The Labute approximate surface area is 226 Å². The minimum absolute atomic E-state index is 0.0343. The second-order valence-electron chi connectivity index (χ2n) is 9.26. The van der Waals surface area contributed by atoms with Gasteiger partial charge in [0.2, 0.25) is 5.75 Å². The molecule has 0 bridgehead atoms. The number of nitrogens with zero attached hydrogens (tertiary/aromatic N) is 2. The van der Waals surface area contributed by atoms with Gasteiger partial charge in [0, 0.05) is 31.7 Å². The molecule has 5 rings (SSSR count). The van der Waals surface area contributed by atoms with E-state index in [0.717, 1.165) is 13.1 Å². The van der Waals surface area contributed by atoms with Crippen molar-refractivity contribution < 1.29 is 43.1 Å². The molecule has 2 fully saturated rings. The Morgan fingerprint density at radius 1 is 0.897 bits per heavy atom. The van der Waals surface area contributed by atoms with Crippen LogP contribution in [0.3, 0.4) is 0 Å². The van der Waals surface area contributed by atoms with Gasteiger partial charge in [-0.15, -0.1) is 0 Å². The van der Waals surface area contributed by atoms with E-state index in [9.17, 15) is 14.7 Å². The lowest BCUT2D eigenvalue weighted by Gasteiger charge is -2.31. The largest absolute Gasteiger partial charge is 0.507 e. The molecule has 0 unspecified atom stereocenters. The first kappa shape index (κ1) is 26.6. The van der Waals surface area contributed by atoms with E-state index in [0.29, 0.717) is 72.8 Å². The number of aliphatic hydroxyl groups excluding tert-OH is 1. The zero-order valence-electron chi connectivity index (χ0n) is 22.2. The number of aliphatic hydroxyl groups is 1. The molecule has 11 heteroatoms. The number of carbonyl (C=O) groups excluding carboxylic acids is 2. The van der Waals surface area contributed by atoms with Crippen molar-refractivity contribution in [2.45, 2.75) is 6.04 Å². The van der Waals surface area contributed by atoms with Crippen LogP contribution < -0.4 is 23.7 Å². The standard InChI is InChI=1S/C28H32N2O9/c1-34-21-15-18(16-22(35-2)27(21)36-3)24-23(25(31)17-4-5-19-20(14-17)39-13-12-38-19)26(32)28(33)30(24)7-6-29-8-10-37-11-9-29/h4-5,14-16,24,31H,6-13H2,1-3H3/t24-/m0/s1. The van der Waals surface area contributed by atoms with Crippen LogP contribution in [0.2, 0.25) is 0 Å². The monoisotopic (exact) mass is 540 g/mol. The predicted molar refractivity (Wildman–Crippen MR) is 140 cm³/mol. The van der Waals surface area contributed by atoms with Crippen LogP contribution in [0.15, 0.2) is 35.9 Å². The first-order chi connectivity index (χ1) is 19.0. The molecule has 0 aliphatic carbocycles. The number of ketones is 1. The van der Waals surface area contributed by atoms with E-state index in [2.05, 4.69) is 4.90 Å². The van der Waals surface area contributed by atoms with E-state index in [1.807, 2.05) is 0 Å². The van der Waals surface area contributed by atoms with Crippen LogP contribution in [0.1, 0.15) is 17.2 Å². The Morgan fingerprint density at radius 2 is 1.56 bits per heavy atom. The summed E-state index contributed by atoms with van der Waals surface area (Å²) in [6, 6.07) is 7.40. The van der Waals surface area contributed by atoms with Crippen LogP contribution >= 0.6 is 0 Å². The lowest BCUT2D eigenvalue weighted by Crippen LogP contribution is -2.42. The van der Waals surface area contributed by atoms with Gasteiger partial charge >= 0.3 is 0 Å². The second-order valence-corrected chi connectivity index (χ2v) is 9.26. The number of benzene rings is 2. The van der Waals surface area contributed by atoms with Crippen LogP contribution in [-0.4, -0.2) is 101 Å². The number of Topliss-reactive ketones (excluding diaryl/α,β-unsaturated/α-hetero) is 1. The van der Waals surface area contributed by atoms with Crippen molar-refractivity contribution in [2.75, 3.05) is 73.9 Å². The summed E-state index contributed by atoms with van der Waals surface area (Å²) in [4.78, 5) is 30.6. The fourth-order valence-corrected chi connectivity index (χ4v) is 5.14. The van der Waals surface area contributed by atoms with Gasteiger partial charge in [-0.25, -0.2) is 0 Å². The molecule has 0 saturated carbocycles. The lowest BCUT2D eigenvalue weighted by atomic mass is 9.94. The molecular formula is C28H32N2O9. The summed E-state index contributed by atoms with van der Waals surface area (Å²) in [5.41, 5.74) is 0.834. The highest BCUT2D eigenvalue weighted by atomic mass is 16.6. The second kappa shape index (κ2) is 11.4. The highest BCUT2D eigenvalue weighted by molar-refractivity contribution is 6.46. The molecule has 0 radical (unpaired) electrons. The van der Waals surface area contributed by atoms with Crippen LogP contribution in [0, 0.1) is 0 Å². The van der Waals surface area contributed by atoms with Gasteiger partial charge in [-0.1, -0.05) is 0 Å². The minimum atomic E-state index is -0.895. The van der Waals surface area contributed by atoms with Crippen molar-refractivity contribution in [2.24, 2.45) is 0 Å². The van der Waals surface area contributed by atoms with Gasteiger partial charge < -0.3 is 38.4 Å². The van der Waals surface area contributed by atoms with Crippen LogP contribution in [0.25, 0.3) is 5.76 Å². The Kier molecular flexibility index (Phi) is 7.80. The third kappa shape index (κ3) is 5.07. The summed E-state index contributed by atoms with van der Waals surface area (Å²) in [6.45, 7) is 4.29. The van der Waals surface area contributed by atoms with Gasteiger partial charge in [-0.3, -0.25) is 14.5 Å². The fourth-order valence-electron chi connectivity index (χ4n) is 5.14. The molecule has 3 aliphatic rings. The number of methoxy groups -OCH3 is 3. The maximum Gasteiger partial charge on any atom is 0.295 e. The zero-order chi connectivity index (χ0) is 27.5. The summed E-state index contributed by atoms with van der Waals surface area (Å²) in [7, 11) is 4.48. The summed E-state index contributed by atoms with van der Waals surface area (Å²) in [5.74, 6) is 0.332. The smallest absolute Gasteiger partial charge is 0.295 e. The molecule has 0 spiro atoms. The molecule has 0 aromatic heterocycles. The molecule has 1 N–H and O–H groups in total. The molecule has 1 amide bonds. The number of amides is 1. The summed E-state index contributed by atoms with van der Waals surface area (Å²) >= 11 is 0. The number of morpholine rings is 1. The zero-order valence-corrected chi connectivity index (χ0v) is 22.2. The lowest BCUT2D eigenvalue weighted by molar-refractivity contribution is -0.140. The number of likely N-dealkylation sites (tertiary alicyclic amines) is 1. The molecular weight excluding hydrogens is 508 g/mol. The van der Waals surface area contributed by atoms with Gasteiger partial charge in [0.1, 0.15) is 19.0 Å². The molecule has 3 heterocycles. The first-order valence-corrected chi connectivity index (χ1v) is 12.7. The quantitative estimate of drug-likeness (QED) is 0.304. The molecule has 39 heavy (non-hydrogen) atoms. The number of carbonyl (C=O) groups is 2. The Morgan fingerprint density at radius 3 is 2.21 bits per heavy atom. The highest BCUT2D eigenvalue weighted by Gasteiger charge is 2.46. The van der Waals surface area contributed by atoms with Crippen LogP contribution in [-0.2, 0) is 14.3 Å². The molecule has 1 atom stereocenters. The third-order valence-electron chi connectivity index (χ3n) is 7.12. The number of fused-ring (bicyclic) bond motifs is 1. The average Bonchev–Trinajstić information content (AvgIpc) is 3.24. The van der Waals surface area contributed by atoms with Gasteiger partial charge in [0.05, 0.1) is 46.2 Å². The SMILES string of the molecule is COc1cc([C@H]2C(=C(O)c3ccc4c(c3)OCCO4)C(=O)C(=O)N2CCN2CCOCC2)cc(OC)c1OC. The van der Waals surface area contributed by atoms with E-state index >= 15 is 0 Å². The summed E-state index contributed by atoms with van der Waals surface area (Å²) < 4.78 is 33.2. The molecule has 2 aromatic rings. The van der Waals surface area contributed by atoms with Crippen molar-refractivity contribution in [3.63, 3.8) is 0 Å². The number of hydrogen-bond donors (Lipinski definition) is 1. The van der Waals surface area contributed by atoms with Crippen molar-refractivity contribution >= 4 is 17.4 Å². The van der Waals surface area contributed by atoms with Gasteiger partial charge in [0.15, 0.2) is 23.0 Å². The topological polar surface area (TPSA) is 116 Å². The Hall–Kier alpha value is -3.96. The minimum Gasteiger partial charge on any atom is -0.507 e. The third-order valence-corrected chi connectivity index (χ3v) is 7.12. The van der Waals surface area contributed by atoms with Crippen molar-refractivity contribution in [1.82, 2.24) is 9.80 Å². The number of rotatable bonds is 8. The van der Waals surface area contributed by atoms with Gasteiger partial charge in [-0.2, -0.15) is 0 Å².